The van der Waals surface area contributed by atoms with Crippen LogP contribution in [0.4, 0.5) is 17.1 Å². The molecule has 4 N–H and O–H groups in total. The summed E-state index contributed by atoms with van der Waals surface area (Å²) in [5.41, 5.74) is 9.95. The highest BCUT2D eigenvalue weighted by Gasteiger charge is 2.27. The Labute approximate surface area is 123 Å². The van der Waals surface area contributed by atoms with E-state index in [2.05, 4.69) is 16.9 Å². The number of rotatable bonds is 3. The highest BCUT2D eigenvalue weighted by Crippen LogP contribution is 2.35. The third-order valence-electron chi connectivity index (χ3n) is 4.27. The van der Waals surface area contributed by atoms with Crippen LogP contribution < -0.4 is 16.4 Å². The van der Waals surface area contributed by atoms with Crippen molar-refractivity contribution in [2.75, 3.05) is 22.6 Å². The molecule has 3 rings (SSSR count). The van der Waals surface area contributed by atoms with Gasteiger partial charge >= 0.3 is 0 Å². The maximum Gasteiger partial charge on any atom is 0.224 e. The van der Waals surface area contributed by atoms with E-state index in [0.717, 1.165) is 29.0 Å². The lowest BCUT2D eigenvalue weighted by Gasteiger charge is -2.24. The van der Waals surface area contributed by atoms with Crippen LogP contribution >= 0.6 is 11.8 Å². The fourth-order valence-electron chi connectivity index (χ4n) is 3.15. The van der Waals surface area contributed by atoms with E-state index in [4.69, 9.17) is 5.73 Å². The molecular weight excluding hydrogens is 270 g/mol. The maximum absolute atomic E-state index is 11.5. The lowest BCUT2D eigenvalue weighted by Crippen LogP contribution is -2.27. The molecule has 1 aromatic carbocycles. The van der Waals surface area contributed by atoms with Crippen molar-refractivity contribution in [3.8, 4) is 0 Å². The second-order valence-electron chi connectivity index (χ2n) is 5.60. The number of hydrogen-bond donors (Lipinski definition) is 3. The molecule has 1 aliphatic heterocycles. The van der Waals surface area contributed by atoms with Crippen molar-refractivity contribution < 1.29 is 4.79 Å². The maximum atomic E-state index is 11.5. The summed E-state index contributed by atoms with van der Waals surface area (Å²) in [5, 5.41) is 7.17. The van der Waals surface area contributed by atoms with Crippen molar-refractivity contribution in [3.05, 3.63) is 17.7 Å². The number of benzene rings is 1. The van der Waals surface area contributed by atoms with Crippen LogP contribution in [0.1, 0.15) is 31.2 Å². The smallest absolute Gasteiger partial charge is 0.224 e. The molecule has 1 amide bonds. The average Bonchev–Trinajstić information content (AvgIpc) is 2.87. The van der Waals surface area contributed by atoms with Crippen molar-refractivity contribution >= 4 is 34.7 Å². The second kappa shape index (κ2) is 5.56. The van der Waals surface area contributed by atoms with Crippen LogP contribution in [0.2, 0.25) is 0 Å². The highest BCUT2D eigenvalue weighted by molar-refractivity contribution is 7.99. The molecule has 5 heteroatoms. The van der Waals surface area contributed by atoms with Crippen LogP contribution in [0, 0.1) is 0 Å². The second-order valence-corrected chi connectivity index (χ2v) is 6.68. The van der Waals surface area contributed by atoms with Crippen LogP contribution in [0.25, 0.3) is 0 Å². The van der Waals surface area contributed by atoms with Crippen molar-refractivity contribution in [1.82, 2.24) is 0 Å². The van der Waals surface area contributed by atoms with Crippen molar-refractivity contribution in [2.24, 2.45) is 0 Å². The molecule has 20 heavy (non-hydrogen) atoms. The summed E-state index contributed by atoms with van der Waals surface area (Å²) in [5.74, 6) is 0.0936. The Bertz CT molecular complexity index is 532. The summed E-state index contributed by atoms with van der Waals surface area (Å²) in [7, 11) is 0. The minimum Gasteiger partial charge on any atom is -0.397 e. The zero-order chi connectivity index (χ0) is 14.1. The van der Waals surface area contributed by atoms with E-state index < -0.39 is 0 Å². The highest BCUT2D eigenvalue weighted by atomic mass is 32.2. The number of fused-ring (bicyclic) bond motifs is 1. The van der Waals surface area contributed by atoms with Gasteiger partial charge in [0.1, 0.15) is 0 Å². The molecule has 1 aliphatic carbocycles. The van der Waals surface area contributed by atoms with Gasteiger partial charge in [-0.1, -0.05) is 6.42 Å². The Balaban J connectivity index is 1.83. The molecule has 108 valence electrons. The standard InChI is InChI=1S/C15H21N3OS/c1-20-14-4-2-3-11(14)17-13-8-12-9(7-10(13)16)5-6-15(19)18-12/h7-8,11,14,17H,2-6,16H2,1H3,(H,18,19). The first-order valence-electron chi connectivity index (χ1n) is 7.19. The van der Waals surface area contributed by atoms with E-state index >= 15 is 0 Å². The third kappa shape index (κ3) is 2.59. The fourth-order valence-corrected chi connectivity index (χ4v) is 4.08. The number of carbonyl (C=O) groups is 1. The first-order valence-corrected chi connectivity index (χ1v) is 8.47. The Morgan fingerprint density at radius 3 is 3.00 bits per heavy atom. The van der Waals surface area contributed by atoms with Gasteiger partial charge in [0, 0.05) is 23.4 Å². The van der Waals surface area contributed by atoms with Gasteiger partial charge < -0.3 is 16.4 Å². The Hall–Kier alpha value is -1.36. The fraction of sp³-hybridized carbons (Fsp3) is 0.533. The van der Waals surface area contributed by atoms with Gasteiger partial charge in [0.05, 0.1) is 11.4 Å². The lowest BCUT2D eigenvalue weighted by atomic mass is 10.0. The number of amides is 1. The number of nitrogens with one attached hydrogen (secondary N) is 2. The predicted octanol–water partition coefficient (Wildman–Crippen LogP) is 2.85. The largest absolute Gasteiger partial charge is 0.397 e. The van der Waals surface area contributed by atoms with Gasteiger partial charge in [-0.2, -0.15) is 11.8 Å². The zero-order valence-electron chi connectivity index (χ0n) is 11.7. The molecule has 1 aromatic rings. The number of aryl methyl sites for hydroxylation is 1. The zero-order valence-corrected chi connectivity index (χ0v) is 12.6. The quantitative estimate of drug-likeness (QED) is 0.749. The Morgan fingerprint density at radius 2 is 2.20 bits per heavy atom. The van der Waals surface area contributed by atoms with Crippen molar-refractivity contribution in [3.63, 3.8) is 0 Å². The number of carbonyl (C=O) groups excluding carboxylic acids is 1. The molecule has 0 bridgehead atoms. The topological polar surface area (TPSA) is 67.1 Å². The Morgan fingerprint density at radius 1 is 1.35 bits per heavy atom. The number of nitrogens with two attached hydrogens (primary N) is 1. The van der Waals surface area contributed by atoms with Gasteiger partial charge in [-0.15, -0.1) is 0 Å². The predicted molar refractivity (Wildman–Crippen MR) is 86.4 cm³/mol. The molecule has 2 atom stereocenters. The van der Waals surface area contributed by atoms with Gasteiger partial charge in [-0.05, 0) is 43.2 Å². The molecule has 0 radical (unpaired) electrons. The SMILES string of the molecule is CSC1CCCC1Nc1cc2c(cc1N)CCC(=O)N2. The van der Waals surface area contributed by atoms with E-state index in [0.29, 0.717) is 17.7 Å². The van der Waals surface area contributed by atoms with Gasteiger partial charge in [0.2, 0.25) is 5.91 Å². The monoisotopic (exact) mass is 291 g/mol. The van der Waals surface area contributed by atoms with Gasteiger partial charge in [-0.3, -0.25) is 4.79 Å². The van der Waals surface area contributed by atoms with Crippen molar-refractivity contribution in [1.29, 1.82) is 0 Å². The molecule has 2 aliphatic rings. The van der Waals surface area contributed by atoms with E-state index in [1.54, 1.807) is 0 Å². The van der Waals surface area contributed by atoms with Crippen LogP contribution in [0.3, 0.4) is 0 Å². The summed E-state index contributed by atoms with van der Waals surface area (Å²) < 4.78 is 0. The molecule has 0 spiro atoms. The van der Waals surface area contributed by atoms with E-state index in [9.17, 15) is 4.79 Å². The first kappa shape index (κ1) is 13.6. The number of anilines is 3. The summed E-state index contributed by atoms with van der Waals surface area (Å²) in [6, 6.07) is 4.47. The first-order chi connectivity index (χ1) is 9.67. The minimum absolute atomic E-state index is 0.0936. The molecule has 1 fully saturated rings. The molecule has 4 nitrogen and oxygen atoms in total. The van der Waals surface area contributed by atoms with Crippen LogP contribution in [0.15, 0.2) is 12.1 Å². The lowest BCUT2D eigenvalue weighted by molar-refractivity contribution is -0.116. The Kier molecular flexibility index (Phi) is 3.78. The van der Waals surface area contributed by atoms with Crippen molar-refractivity contribution in [2.45, 2.75) is 43.4 Å². The molecule has 1 heterocycles. The van der Waals surface area contributed by atoms with E-state index in [1.165, 1.54) is 19.3 Å². The van der Waals surface area contributed by atoms with Gasteiger partial charge in [-0.25, -0.2) is 0 Å². The number of thioether (sulfide) groups is 1. The summed E-state index contributed by atoms with van der Waals surface area (Å²) in [6.45, 7) is 0. The summed E-state index contributed by atoms with van der Waals surface area (Å²) >= 11 is 1.92. The van der Waals surface area contributed by atoms with Gasteiger partial charge in [0.15, 0.2) is 0 Å². The van der Waals surface area contributed by atoms with Crippen LogP contribution in [-0.2, 0) is 11.2 Å². The summed E-state index contributed by atoms with van der Waals surface area (Å²) in [4.78, 5) is 11.5. The summed E-state index contributed by atoms with van der Waals surface area (Å²) in [6.07, 6.45) is 7.22. The van der Waals surface area contributed by atoms with E-state index in [1.807, 2.05) is 23.9 Å². The molecule has 0 aromatic heterocycles. The molecular formula is C15H21N3OS. The number of hydrogen-bond acceptors (Lipinski definition) is 4. The normalized spacial score (nSPS) is 25.1. The molecule has 1 saturated carbocycles. The molecule has 0 saturated heterocycles. The van der Waals surface area contributed by atoms with Gasteiger partial charge in [0.25, 0.3) is 0 Å². The average molecular weight is 291 g/mol. The van der Waals surface area contributed by atoms with Crippen LogP contribution in [-0.4, -0.2) is 23.5 Å². The van der Waals surface area contributed by atoms with E-state index in [-0.39, 0.29) is 5.91 Å². The molecule has 2 unspecified atom stereocenters. The third-order valence-corrected chi connectivity index (χ3v) is 5.44. The number of nitrogen functional groups attached to an aromatic ring is 1. The van der Waals surface area contributed by atoms with Crippen LogP contribution in [0.5, 0.6) is 0 Å². The minimum atomic E-state index is 0.0936.